The zero-order valence-electron chi connectivity index (χ0n) is 11.7. The first-order valence-corrected chi connectivity index (χ1v) is 7.41. The third kappa shape index (κ3) is 2.50. The summed E-state index contributed by atoms with van der Waals surface area (Å²) < 4.78 is 0. The summed E-state index contributed by atoms with van der Waals surface area (Å²) in [6.07, 6.45) is 7.66. The second kappa shape index (κ2) is 5.41. The van der Waals surface area contributed by atoms with Crippen molar-refractivity contribution < 1.29 is 9.90 Å². The Morgan fingerprint density at radius 1 is 1.25 bits per heavy atom. The van der Waals surface area contributed by atoms with Crippen molar-refractivity contribution in [2.45, 2.75) is 31.3 Å². The summed E-state index contributed by atoms with van der Waals surface area (Å²) in [5.74, 6) is 0.319. The van der Waals surface area contributed by atoms with E-state index in [1.807, 2.05) is 35.2 Å². The van der Waals surface area contributed by atoms with Gasteiger partial charge in [0.05, 0.1) is 6.54 Å². The number of hydrogen-bond donors (Lipinski definition) is 1. The van der Waals surface area contributed by atoms with Crippen molar-refractivity contribution in [1.82, 2.24) is 4.90 Å². The molecule has 1 fully saturated rings. The highest BCUT2D eigenvalue weighted by atomic mass is 16.3. The molecule has 3 rings (SSSR count). The topological polar surface area (TPSA) is 40.5 Å². The van der Waals surface area contributed by atoms with Gasteiger partial charge in [-0.25, -0.2) is 0 Å². The van der Waals surface area contributed by atoms with Crippen LogP contribution >= 0.6 is 0 Å². The lowest BCUT2D eigenvalue weighted by Gasteiger charge is -2.27. The van der Waals surface area contributed by atoms with Crippen LogP contribution in [0.4, 0.5) is 0 Å². The van der Waals surface area contributed by atoms with Crippen molar-refractivity contribution in [3.05, 3.63) is 48.0 Å². The van der Waals surface area contributed by atoms with Crippen molar-refractivity contribution in [3.63, 3.8) is 0 Å². The normalized spacial score (nSPS) is 29.6. The van der Waals surface area contributed by atoms with E-state index in [0.717, 1.165) is 24.8 Å². The van der Waals surface area contributed by atoms with Gasteiger partial charge in [0, 0.05) is 12.5 Å². The summed E-state index contributed by atoms with van der Waals surface area (Å²) in [5.41, 5.74) is 0.0420. The van der Waals surface area contributed by atoms with Gasteiger partial charge in [-0.2, -0.15) is 0 Å². The summed E-state index contributed by atoms with van der Waals surface area (Å²) in [7, 11) is 0. The first kappa shape index (κ1) is 13.4. The molecule has 1 saturated heterocycles. The van der Waals surface area contributed by atoms with Gasteiger partial charge in [-0.05, 0) is 31.2 Å². The van der Waals surface area contributed by atoms with Gasteiger partial charge in [-0.1, -0.05) is 42.5 Å². The van der Waals surface area contributed by atoms with Gasteiger partial charge in [0.1, 0.15) is 5.60 Å². The quantitative estimate of drug-likeness (QED) is 0.839. The predicted octanol–water partition coefficient (Wildman–Crippen LogP) is 2.46. The number of likely N-dealkylation sites (tertiary alicyclic amines) is 1. The predicted molar refractivity (Wildman–Crippen MR) is 78.0 cm³/mol. The number of carbonyl (C=O) groups is 1. The number of aliphatic hydroxyl groups is 1. The van der Waals surface area contributed by atoms with Crippen LogP contribution in [0.2, 0.25) is 0 Å². The zero-order chi connectivity index (χ0) is 14.0. The summed E-state index contributed by atoms with van der Waals surface area (Å²) in [6, 6.07) is 9.70. The van der Waals surface area contributed by atoms with E-state index in [1.165, 1.54) is 0 Å². The van der Waals surface area contributed by atoms with Gasteiger partial charge < -0.3 is 10.0 Å². The van der Waals surface area contributed by atoms with Crippen LogP contribution < -0.4 is 0 Å². The molecule has 0 saturated carbocycles. The molecule has 1 aromatic carbocycles. The SMILES string of the molecule is O=C([C@H]1CC=CCC1)N1CC[C@@](O)(c2ccccc2)C1. The number of amides is 1. The molecular formula is C17H21NO2. The average molecular weight is 271 g/mol. The van der Waals surface area contributed by atoms with Gasteiger partial charge in [0.15, 0.2) is 0 Å². The maximum atomic E-state index is 12.5. The fourth-order valence-electron chi connectivity index (χ4n) is 3.24. The molecule has 106 valence electrons. The molecule has 2 aliphatic rings. The average Bonchev–Trinajstić information content (AvgIpc) is 2.92. The number of carbonyl (C=O) groups excluding carboxylic acids is 1. The summed E-state index contributed by atoms with van der Waals surface area (Å²) in [5, 5.41) is 10.8. The molecule has 1 N–H and O–H groups in total. The van der Waals surface area contributed by atoms with E-state index >= 15 is 0 Å². The Hall–Kier alpha value is -1.61. The number of benzene rings is 1. The Morgan fingerprint density at radius 2 is 2.05 bits per heavy atom. The molecule has 1 heterocycles. The maximum Gasteiger partial charge on any atom is 0.226 e. The van der Waals surface area contributed by atoms with E-state index < -0.39 is 5.60 Å². The Bertz CT molecular complexity index is 511. The lowest BCUT2D eigenvalue weighted by molar-refractivity contribution is -0.135. The minimum Gasteiger partial charge on any atom is -0.383 e. The van der Waals surface area contributed by atoms with Crippen molar-refractivity contribution in [2.24, 2.45) is 5.92 Å². The zero-order valence-corrected chi connectivity index (χ0v) is 11.7. The Labute approximate surface area is 119 Å². The Morgan fingerprint density at radius 3 is 2.75 bits per heavy atom. The van der Waals surface area contributed by atoms with E-state index in [2.05, 4.69) is 12.2 Å². The standard InChI is InChI=1S/C17H21NO2/c19-16(14-7-3-1-4-8-14)18-12-11-17(20,13-18)15-9-5-2-6-10-15/h1-3,5-6,9-10,14,20H,4,7-8,11-13H2/t14-,17-/m0/s1. The summed E-state index contributed by atoms with van der Waals surface area (Å²) in [4.78, 5) is 14.3. The van der Waals surface area contributed by atoms with E-state index in [4.69, 9.17) is 0 Å². The molecule has 2 atom stereocenters. The van der Waals surface area contributed by atoms with Crippen molar-refractivity contribution in [2.75, 3.05) is 13.1 Å². The second-order valence-corrected chi connectivity index (χ2v) is 5.89. The molecule has 0 spiro atoms. The summed E-state index contributed by atoms with van der Waals surface area (Å²) in [6.45, 7) is 1.08. The monoisotopic (exact) mass is 271 g/mol. The molecule has 20 heavy (non-hydrogen) atoms. The van der Waals surface area contributed by atoms with Gasteiger partial charge in [-0.3, -0.25) is 4.79 Å². The highest BCUT2D eigenvalue weighted by Gasteiger charge is 2.40. The molecule has 3 nitrogen and oxygen atoms in total. The van der Waals surface area contributed by atoms with Crippen LogP contribution in [0.5, 0.6) is 0 Å². The number of β-amino-alcohol motifs (C(OH)–C–C–N with tert-alkyl or cyclic N) is 1. The molecule has 0 bridgehead atoms. The van der Waals surface area contributed by atoms with E-state index in [-0.39, 0.29) is 11.8 Å². The molecule has 1 aliphatic carbocycles. The minimum absolute atomic E-state index is 0.109. The van der Waals surface area contributed by atoms with Crippen molar-refractivity contribution in [3.8, 4) is 0 Å². The van der Waals surface area contributed by atoms with Crippen LogP contribution in [0.3, 0.4) is 0 Å². The van der Waals surface area contributed by atoms with Crippen LogP contribution in [0.25, 0.3) is 0 Å². The van der Waals surface area contributed by atoms with E-state index in [1.54, 1.807) is 0 Å². The van der Waals surface area contributed by atoms with E-state index in [0.29, 0.717) is 19.5 Å². The lowest BCUT2D eigenvalue weighted by Crippen LogP contribution is -2.38. The third-order valence-corrected chi connectivity index (χ3v) is 4.49. The number of rotatable bonds is 2. The molecular weight excluding hydrogens is 250 g/mol. The fourth-order valence-corrected chi connectivity index (χ4v) is 3.24. The second-order valence-electron chi connectivity index (χ2n) is 5.89. The van der Waals surface area contributed by atoms with Gasteiger partial charge in [0.25, 0.3) is 0 Å². The molecule has 0 unspecified atom stereocenters. The first-order chi connectivity index (χ1) is 9.69. The van der Waals surface area contributed by atoms with Crippen molar-refractivity contribution >= 4 is 5.91 Å². The lowest BCUT2D eigenvalue weighted by atomic mass is 9.92. The summed E-state index contributed by atoms with van der Waals surface area (Å²) >= 11 is 0. The number of nitrogens with zero attached hydrogens (tertiary/aromatic N) is 1. The molecule has 1 aromatic rings. The fraction of sp³-hybridized carbons (Fsp3) is 0.471. The van der Waals surface area contributed by atoms with Crippen LogP contribution in [-0.4, -0.2) is 29.0 Å². The Kier molecular flexibility index (Phi) is 3.62. The number of hydrogen-bond acceptors (Lipinski definition) is 2. The smallest absolute Gasteiger partial charge is 0.226 e. The highest BCUT2D eigenvalue weighted by molar-refractivity contribution is 5.79. The Balaban J connectivity index is 1.70. The highest BCUT2D eigenvalue weighted by Crippen LogP contribution is 2.33. The number of allylic oxidation sites excluding steroid dienone is 2. The van der Waals surface area contributed by atoms with Gasteiger partial charge in [0.2, 0.25) is 5.91 Å². The molecule has 0 radical (unpaired) electrons. The molecule has 0 aromatic heterocycles. The third-order valence-electron chi connectivity index (χ3n) is 4.49. The largest absolute Gasteiger partial charge is 0.383 e. The van der Waals surface area contributed by atoms with Crippen LogP contribution in [0.1, 0.15) is 31.2 Å². The minimum atomic E-state index is -0.874. The van der Waals surface area contributed by atoms with Gasteiger partial charge >= 0.3 is 0 Å². The van der Waals surface area contributed by atoms with Crippen LogP contribution in [0.15, 0.2) is 42.5 Å². The molecule has 3 heteroatoms. The first-order valence-electron chi connectivity index (χ1n) is 7.41. The molecule has 1 aliphatic heterocycles. The van der Waals surface area contributed by atoms with Gasteiger partial charge in [-0.15, -0.1) is 0 Å². The van der Waals surface area contributed by atoms with Crippen LogP contribution in [-0.2, 0) is 10.4 Å². The van der Waals surface area contributed by atoms with Crippen LogP contribution in [0, 0.1) is 5.92 Å². The van der Waals surface area contributed by atoms with E-state index in [9.17, 15) is 9.90 Å². The maximum absolute atomic E-state index is 12.5. The van der Waals surface area contributed by atoms with Crippen molar-refractivity contribution in [1.29, 1.82) is 0 Å². The molecule has 1 amide bonds.